The molecule has 1 heterocycles. The van der Waals surface area contributed by atoms with Crippen LogP contribution in [0.1, 0.15) is 19.4 Å². The van der Waals surface area contributed by atoms with Gasteiger partial charge in [0.25, 0.3) is 0 Å². The highest BCUT2D eigenvalue weighted by molar-refractivity contribution is 5.74. The lowest BCUT2D eigenvalue weighted by Gasteiger charge is -2.19. The van der Waals surface area contributed by atoms with Crippen LogP contribution in [0.2, 0.25) is 0 Å². The Hall–Kier alpha value is -1.65. The molecule has 1 aromatic rings. The van der Waals surface area contributed by atoms with Gasteiger partial charge in [-0.1, -0.05) is 0 Å². The van der Waals surface area contributed by atoms with E-state index in [1.54, 1.807) is 24.2 Å². The molecule has 1 rings (SSSR count). The topological polar surface area (TPSA) is 55.3 Å². The molecule has 16 heavy (non-hydrogen) atoms. The molecule has 88 valence electrons. The normalized spacial score (nSPS) is 9.94. The summed E-state index contributed by atoms with van der Waals surface area (Å²) in [6.45, 7) is 6.91. The van der Waals surface area contributed by atoms with Crippen LogP contribution in [0.5, 0.6) is 0 Å². The number of nitrogens with zero attached hydrogens (tertiary/aromatic N) is 3. The lowest BCUT2D eigenvalue weighted by atomic mass is 10.4. The van der Waals surface area contributed by atoms with E-state index in [4.69, 9.17) is 4.74 Å². The summed E-state index contributed by atoms with van der Waals surface area (Å²) in [4.78, 5) is 21.4. The van der Waals surface area contributed by atoms with Crippen molar-refractivity contribution < 1.29 is 9.53 Å². The van der Waals surface area contributed by atoms with Gasteiger partial charge in [-0.15, -0.1) is 0 Å². The number of likely N-dealkylation sites (N-methyl/N-ethyl adjacent to an activating group) is 1. The summed E-state index contributed by atoms with van der Waals surface area (Å²) in [6, 6.07) is 0. The SMILES string of the molecule is CCOC(=O)CN(CC)c1ncc(C)cn1. The number of ether oxygens (including phenoxy) is 1. The van der Waals surface area contributed by atoms with Gasteiger partial charge in [0, 0.05) is 18.9 Å². The minimum Gasteiger partial charge on any atom is -0.465 e. The third kappa shape index (κ3) is 3.49. The summed E-state index contributed by atoms with van der Waals surface area (Å²) >= 11 is 0. The zero-order chi connectivity index (χ0) is 12.0. The Balaban J connectivity index is 2.67. The number of carbonyl (C=O) groups is 1. The van der Waals surface area contributed by atoms with Crippen molar-refractivity contribution in [3.05, 3.63) is 18.0 Å². The second-order valence-corrected chi connectivity index (χ2v) is 3.38. The fraction of sp³-hybridized carbons (Fsp3) is 0.545. The van der Waals surface area contributed by atoms with Crippen LogP contribution < -0.4 is 4.90 Å². The summed E-state index contributed by atoms with van der Waals surface area (Å²) in [7, 11) is 0. The molecular formula is C11H17N3O2. The zero-order valence-electron chi connectivity index (χ0n) is 9.93. The molecule has 5 heteroatoms. The Morgan fingerprint density at radius 2 is 2.00 bits per heavy atom. The number of hydrogen-bond acceptors (Lipinski definition) is 5. The van der Waals surface area contributed by atoms with Crippen molar-refractivity contribution in [2.45, 2.75) is 20.8 Å². The Kier molecular flexibility index (Phi) is 4.69. The lowest BCUT2D eigenvalue weighted by Crippen LogP contribution is -2.32. The predicted octanol–water partition coefficient (Wildman–Crippen LogP) is 1.17. The van der Waals surface area contributed by atoms with E-state index in [2.05, 4.69) is 9.97 Å². The van der Waals surface area contributed by atoms with Gasteiger partial charge >= 0.3 is 5.97 Å². The first-order valence-corrected chi connectivity index (χ1v) is 5.36. The molecule has 0 aromatic carbocycles. The number of rotatable bonds is 5. The van der Waals surface area contributed by atoms with Crippen molar-refractivity contribution in [1.29, 1.82) is 0 Å². The van der Waals surface area contributed by atoms with Gasteiger partial charge in [-0.05, 0) is 26.3 Å². The summed E-state index contributed by atoms with van der Waals surface area (Å²) in [6.07, 6.45) is 3.46. The number of aromatic nitrogens is 2. The Labute approximate surface area is 95.5 Å². The van der Waals surface area contributed by atoms with Crippen molar-refractivity contribution >= 4 is 11.9 Å². The fourth-order valence-corrected chi connectivity index (χ4v) is 1.24. The van der Waals surface area contributed by atoms with Crippen LogP contribution in [-0.2, 0) is 9.53 Å². The monoisotopic (exact) mass is 223 g/mol. The zero-order valence-corrected chi connectivity index (χ0v) is 9.93. The number of anilines is 1. The van der Waals surface area contributed by atoms with E-state index in [-0.39, 0.29) is 12.5 Å². The highest BCUT2D eigenvalue weighted by atomic mass is 16.5. The average Bonchev–Trinajstić information content (AvgIpc) is 2.27. The van der Waals surface area contributed by atoms with Crippen LogP contribution >= 0.6 is 0 Å². The van der Waals surface area contributed by atoms with E-state index in [0.717, 1.165) is 5.56 Å². The van der Waals surface area contributed by atoms with Gasteiger partial charge in [0.2, 0.25) is 5.95 Å². The van der Waals surface area contributed by atoms with Crippen molar-refractivity contribution in [2.24, 2.45) is 0 Å². The quantitative estimate of drug-likeness (QED) is 0.701. The highest BCUT2D eigenvalue weighted by Crippen LogP contribution is 2.06. The molecule has 0 aliphatic heterocycles. The van der Waals surface area contributed by atoms with Gasteiger partial charge in [-0.3, -0.25) is 4.79 Å². The molecule has 0 fully saturated rings. The van der Waals surface area contributed by atoms with Crippen molar-refractivity contribution in [3.63, 3.8) is 0 Å². The van der Waals surface area contributed by atoms with Crippen LogP contribution in [-0.4, -0.2) is 35.6 Å². The molecule has 0 N–H and O–H groups in total. The van der Waals surface area contributed by atoms with Crippen molar-refractivity contribution in [1.82, 2.24) is 9.97 Å². The van der Waals surface area contributed by atoms with E-state index in [1.165, 1.54) is 0 Å². The van der Waals surface area contributed by atoms with Gasteiger partial charge in [0.05, 0.1) is 6.61 Å². The molecule has 0 unspecified atom stereocenters. The standard InChI is InChI=1S/C11H17N3O2/c1-4-14(8-10(15)16-5-2)11-12-6-9(3)7-13-11/h6-7H,4-5,8H2,1-3H3. The molecule has 0 bridgehead atoms. The van der Waals surface area contributed by atoms with Crippen LogP contribution in [0.4, 0.5) is 5.95 Å². The van der Waals surface area contributed by atoms with Gasteiger partial charge in [-0.2, -0.15) is 0 Å². The second-order valence-electron chi connectivity index (χ2n) is 3.38. The van der Waals surface area contributed by atoms with Gasteiger partial charge in [-0.25, -0.2) is 9.97 Å². The smallest absolute Gasteiger partial charge is 0.325 e. The Morgan fingerprint density at radius 1 is 1.38 bits per heavy atom. The summed E-state index contributed by atoms with van der Waals surface area (Å²) in [5.41, 5.74) is 0.996. The maximum Gasteiger partial charge on any atom is 0.325 e. The molecule has 0 radical (unpaired) electrons. The van der Waals surface area contributed by atoms with Crippen LogP contribution in [0.3, 0.4) is 0 Å². The Morgan fingerprint density at radius 3 is 2.50 bits per heavy atom. The molecule has 0 aliphatic carbocycles. The van der Waals surface area contributed by atoms with Crippen LogP contribution in [0.25, 0.3) is 0 Å². The number of esters is 1. The first-order valence-electron chi connectivity index (χ1n) is 5.36. The molecule has 0 amide bonds. The first-order chi connectivity index (χ1) is 7.67. The summed E-state index contributed by atoms with van der Waals surface area (Å²) < 4.78 is 4.88. The van der Waals surface area contributed by atoms with Gasteiger partial charge in [0.15, 0.2) is 0 Å². The third-order valence-corrected chi connectivity index (χ3v) is 2.06. The minimum atomic E-state index is -0.256. The second kappa shape index (κ2) is 6.05. The number of aryl methyl sites for hydroxylation is 1. The molecule has 0 atom stereocenters. The maximum atomic E-state index is 11.3. The van der Waals surface area contributed by atoms with Crippen molar-refractivity contribution in [2.75, 3.05) is 24.6 Å². The Bertz CT molecular complexity index is 338. The lowest BCUT2D eigenvalue weighted by molar-refractivity contribution is -0.141. The number of hydrogen-bond donors (Lipinski definition) is 0. The molecule has 1 aromatic heterocycles. The molecule has 0 saturated carbocycles. The third-order valence-electron chi connectivity index (χ3n) is 2.06. The molecule has 5 nitrogen and oxygen atoms in total. The van der Waals surface area contributed by atoms with Gasteiger partial charge in [0.1, 0.15) is 6.54 Å². The molecule has 0 spiro atoms. The van der Waals surface area contributed by atoms with E-state index in [0.29, 0.717) is 19.1 Å². The van der Waals surface area contributed by atoms with E-state index >= 15 is 0 Å². The summed E-state index contributed by atoms with van der Waals surface area (Å²) in [5, 5.41) is 0. The van der Waals surface area contributed by atoms with E-state index in [1.807, 2.05) is 13.8 Å². The largest absolute Gasteiger partial charge is 0.465 e. The average molecular weight is 223 g/mol. The molecule has 0 aliphatic rings. The van der Waals surface area contributed by atoms with E-state index < -0.39 is 0 Å². The molecular weight excluding hydrogens is 206 g/mol. The first kappa shape index (κ1) is 12.4. The number of carbonyl (C=O) groups excluding carboxylic acids is 1. The predicted molar refractivity (Wildman–Crippen MR) is 61.3 cm³/mol. The van der Waals surface area contributed by atoms with Gasteiger partial charge < -0.3 is 9.64 Å². The fourth-order valence-electron chi connectivity index (χ4n) is 1.24. The highest BCUT2D eigenvalue weighted by Gasteiger charge is 2.12. The van der Waals surface area contributed by atoms with Crippen molar-refractivity contribution in [3.8, 4) is 0 Å². The minimum absolute atomic E-state index is 0.188. The van der Waals surface area contributed by atoms with E-state index in [9.17, 15) is 4.79 Å². The maximum absolute atomic E-state index is 11.3. The van der Waals surface area contributed by atoms with Crippen LogP contribution in [0.15, 0.2) is 12.4 Å². The summed E-state index contributed by atoms with van der Waals surface area (Å²) in [5.74, 6) is 0.301. The van der Waals surface area contributed by atoms with Crippen LogP contribution in [0, 0.1) is 6.92 Å². The molecule has 0 saturated heterocycles.